The molecule has 112 valence electrons. The second-order valence-electron chi connectivity index (χ2n) is 4.88. The van der Waals surface area contributed by atoms with Gasteiger partial charge < -0.3 is 10.8 Å². The summed E-state index contributed by atoms with van der Waals surface area (Å²) >= 11 is 0. The zero-order chi connectivity index (χ0) is 14.8. The van der Waals surface area contributed by atoms with Gasteiger partial charge >= 0.3 is 0 Å². The number of aliphatic hydroxyl groups excluding tert-OH is 1. The third-order valence-electron chi connectivity index (χ3n) is 3.65. The molecule has 1 aromatic carbocycles. The lowest BCUT2D eigenvalue weighted by atomic mass is 9.93. The van der Waals surface area contributed by atoms with Crippen molar-refractivity contribution in [2.75, 3.05) is 13.2 Å². The van der Waals surface area contributed by atoms with Crippen molar-refractivity contribution in [3.8, 4) is 0 Å². The molecule has 7 heteroatoms. The van der Waals surface area contributed by atoms with Gasteiger partial charge in [0, 0.05) is 24.7 Å². The lowest BCUT2D eigenvalue weighted by Gasteiger charge is -2.36. The number of sulfonamides is 1. The zero-order valence-electron chi connectivity index (χ0n) is 11.1. The predicted octanol–water partition coefficient (Wildman–Crippen LogP) is 0.820. The van der Waals surface area contributed by atoms with Crippen LogP contribution in [0.15, 0.2) is 23.1 Å². The third kappa shape index (κ3) is 2.85. The first-order valence-electron chi connectivity index (χ1n) is 6.62. The largest absolute Gasteiger partial charge is 0.395 e. The van der Waals surface area contributed by atoms with Gasteiger partial charge in [-0.3, -0.25) is 0 Å². The molecule has 0 bridgehead atoms. The smallest absolute Gasteiger partial charge is 0.243 e. The van der Waals surface area contributed by atoms with E-state index in [2.05, 4.69) is 0 Å². The van der Waals surface area contributed by atoms with E-state index in [1.807, 2.05) is 0 Å². The number of aliphatic hydroxyl groups is 1. The molecule has 1 fully saturated rings. The molecule has 0 aliphatic heterocycles. The summed E-state index contributed by atoms with van der Waals surface area (Å²) in [5, 5.41) is 9.07. The Morgan fingerprint density at radius 3 is 2.60 bits per heavy atom. The van der Waals surface area contributed by atoms with Gasteiger partial charge in [0.1, 0.15) is 5.82 Å². The lowest BCUT2D eigenvalue weighted by Crippen LogP contribution is -2.45. The fraction of sp³-hybridized carbons (Fsp3) is 0.538. The van der Waals surface area contributed by atoms with E-state index in [4.69, 9.17) is 10.8 Å². The minimum Gasteiger partial charge on any atom is -0.395 e. The number of halogens is 1. The van der Waals surface area contributed by atoms with E-state index >= 15 is 0 Å². The molecule has 3 N–H and O–H groups in total. The van der Waals surface area contributed by atoms with Crippen molar-refractivity contribution in [3.05, 3.63) is 29.6 Å². The highest BCUT2D eigenvalue weighted by Gasteiger charge is 2.34. The van der Waals surface area contributed by atoms with E-state index < -0.39 is 15.8 Å². The van der Waals surface area contributed by atoms with E-state index in [1.54, 1.807) is 0 Å². The minimum atomic E-state index is -3.72. The molecule has 1 aliphatic rings. The van der Waals surface area contributed by atoms with E-state index in [-0.39, 0.29) is 36.2 Å². The molecule has 2 rings (SSSR count). The summed E-state index contributed by atoms with van der Waals surface area (Å²) < 4.78 is 39.9. The summed E-state index contributed by atoms with van der Waals surface area (Å²) in [5.74, 6) is -0.510. The van der Waals surface area contributed by atoms with Crippen LogP contribution >= 0.6 is 0 Å². The first-order chi connectivity index (χ1) is 9.50. The molecular weight excluding hydrogens is 283 g/mol. The summed E-state index contributed by atoms with van der Waals surface area (Å²) in [5.41, 5.74) is 5.58. The molecule has 0 saturated heterocycles. The van der Waals surface area contributed by atoms with Gasteiger partial charge in [-0.15, -0.1) is 0 Å². The highest BCUT2D eigenvalue weighted by Crippen LogP contribution is 2.30. The Morgan fingerprint density at radius 1 is 1.40 bits per heavy atom. The van der Waals surface area contributed by atoms with Crippen LogP contribution in [0.1, 0.15) is 24.8 Å². The lowest BCUT2D eigenvalue weighted by molar-refractivity contribution is 0.178. The van der Waals surface area contributed by atoms with Crippen molar-refractivity contribution in [2.24, 2.45) is 5.73 Å². The quantitative estimate of drug-likeness (QED) is 0.815. The van der Waals surface area contributed by atoms with Crippen molar-refractivity contribution in [1.29, 1.82) is 0 Å². The van der Waals surface area contributed by atoms with E-state index in [0.29, 0.717) is 0 Å². The maximum atomic E-state index is 13.4. The summed E-state index contributed by atoms with van der Waals surface area (Å²) in [4.78, 5) is 0.0275. The summed E-state index contributed by atoms with van der Waals surface area (Å²) in [7, 11) is -3.72. The molecule has 0 heterocycles. The fourth-order valence-corrected chi connectivity index (χ4v) is 4.00. The second-order valence-corrected chi connectivity index (χ2v) is 6.77. The summed E-state index contributed by atoms with van der Waals surface area (Å²) in [6, 6.07) is 3.56. The summed E-state index contributed by atoms with van der Waals surface area (Å²) in [6.45, 7) is -0.234. The molecule has 0 aromatic heterocycles. The van der Waals surface area contributed by atoms with Gasteiger partial charge in [0.05, 0.1) is 11.5 Å². The monoisotopic (exact) mass is 302 g/mol. The molecule has 0 atom stereocenters. The minimum absolute atomic E-state index is 0.0275. The number of rotatable bonds is 6. The van der Waals surface area contributed by atoms with Gasteiger partial charge in [-0.1, -0.05) is 6.42 Å². The van der Waals surface area contributed by atoms with Gasteiger partial charge in [-0.2, -0.15) is 4.31 Å². The van der Waals surface area contributed by atoms with Gasteiger partial charge in [-0.25, -0.2) is 12.8 Å². The Kier molecular flexibility index (Phi) is 4.74. The van der Waals surface area contributed by atoms with Crippen LogP contribution in [0.25, 0.3) is 0 Å². The molecular formula is C13H19FN2O3S. The van der Waals surface area contributed by atoms with Crippen molar-refractivity contribution in [2.45, 2.75) is 36.7 Å². The van der Waals surface area contributed by atoms with Crippen LogP contribution in [0.3, 0.4) is 0 Å². The second kappa shape index (κ2) is 6.17. The van der Waals surface area contributed by atoms with Crippen molar-refractivity contribution >= 4 is 10.0 Å². The Bertz CT molecular complexity index is 573. The van der Waals surface area contributed by atoms with E-state index in [0.717, 1.165) is 25.3 Å². The molecule has 1 aromatic rings. The third-order valence-corrected chi connectivity index (χ3v) is 5.59. The maximum Gasteiger partial charge on any atom is 0.243 e. The topological polar surface area (TPSA) is 83.6 Å². The highest BCUT2D eigenvalue weighted by atomic mass is 32.2. The van der Waals surface area contributed by atoms with Crippen molar-refractivity contribution < 1.29 is 17.9 Å². The van der Waals surface area contributed by atoms with Crippen LogP contribution in [-0.4, -0.2) is 37.0 Å². The molecule has 1 aliphatic carbocycles. The van der Waals surface area contributed by atoms with Crippen LogP contribution in [0.2, 0.25) is 0 Å². The van der Waals surface area contributed by atoms with Gasteiger partial charge in [0.2, 0.25) is 10.0 Å². The Morgan fingerprint density at radius 2 is 2.10 bits per heavy atom. The highest BCUT2D eigenvalue weighted by molar-refractivity contribution is 7.89. The van der Waals surface area contributed by atoms with Crippen LogP contribution in [0.4, 0.5) is 4.39 Å². The van der Waals surface area contributed by atoms with Crippen LogP contribution in [0, 0.1) is 5.82 Å². The number of hydrogen-bond acceptors (Lipinski definition) is 4. The van der Waals surface area contributed by atoms with Gasteiger partial charge in [0.15, 0.2) is 0 Å². The van der Waals surface area contributed by atoms with Crippen LogP contribution in [-0.2, 0) is 16.6 Å². The molecule has 0 spiro atoms. The predicted molar refractivity (Wildman–Crippen MR) is 72.9 cm³/mol. The SMILES string of the molecule is NCc1cc(S(=O)(=O)N(CCO)C2CCC2)ccc1F. The fourth-order valence-electron chi connectivity index (χ4n) is 2.28. The van der Waals surface area contributed by atoms with Gasteiger partial charge in [0.25, 0.3) is 0 Å². The van der Waals surface area contributed by atoms with Crippen molar-refractivity contribution in [3.63, 3.8) is 0 Å². The molecule has 0 unspecified atom stereocenters. The molecule has 20 heavy (non-hydrogen) atoms. The Labute approximate surface area is 118 Å². The normalized spacial score (nSPS) is 16.4. The zero-order valence-corrected chi connectivity index (χ0v) is 11.9. The molecule has 0 radical (unpaired) electrons. The number of hydrogen-bond donors (Lipinski definition) is 2. The van der Waals surface area contributed by atoms with Crippen molar-refractivity contribution in [1.82, 2.24) is 4.31 Å². The van der Waals surface area contributed by atoms with E-state index in [9.17, 15) is 12.8 Å². The van der Waals surface area contributed by atoms with Gasteiger partial charge in [-0.05, 0) is 31.0 Å². The Hall–Kier alpha value is -1.02. The van der Waals surface area contributed by atoms with Crippen LogP contribution < -0.4 is 5.73 Å². The Balaban J connectivity index is 2.36. The molecule has 5 nitrogen and oxygen atoms in total. The molecule has 1 saturated carbocycles. The summed E-state index contributed by atoms with van der Waals surface area (Å²) in [6.07, 6.45) is 2.58. The maximum absolute atomic E-state index is 13.4. The number of benzene rings is 1. The number of nitrogens with zero attached hydrogens (tertiary/aromatic N) is 1. The van der Waals surface area contributed by atoms with E-state index in [1.165, 1.54) is 16.4 Å². The first-order valence-corrected chi connectivity index (χ1v) is 8.06. The van der Waals surface area contributed by atoms with Crippen LogP contribution in [0.5, 0.6) is 0 Å². The molecule has 0 amide bonds. The average Bonchev–Trinajstić information content (AvgIpc) is 2.36. The first kappa shape index (κ1) is 15.4. The average molecular weight is 302 g/mol. The number of nitrogens with two attached hydrogens (primary N) is 1. The standard InChI is InChI=1S/C13H19FN2O3S/c14-13-5-4-12(8-10(13)9-15)20(18,19)16(6-7-17)11-2-1-3-11/h4-5,8,11,17H,1-3,6-7,9,15H2.